The first-order valence-electron chi connectivity index (χ1n) is 6.41. The maximum atomic E-state index is 12.0. The summed E-state index contributed by atoms with van der Waals surface area (Å²) in [5, 5.41) is 3.17. The van der Waals surface area contributed by atoms with Gasteiger partial charge in [0.15, 0.2) is 0 Å². The first kappa shape index (κ1) is 12.1. The van der Waals surface area contributed by atoms with Gasteiger partial charge in [0.05, 0.1) is 11.2 Å². The molecule has 3 heteroatoms. The van der Waals surface area contributed by atoms with Crippen LogP contribution < -0.4 is 5.32 Å². The standard InChI is InChI=1S/C14H20N2O/c1-3-6-11(2)13(17)16-14(8-9-14)12-7-4-5-10-15-12/h4-5,7,10-11H,3,6,8-9H2,1-2H3,(H,16,17). The third kappa shape index (κ3) is 2.65. The number of nitrogens with zero attached hydrogens (tertiary/aromatic N) is 1. The Morgan fingerprint density at radius 3 is 2.82 bits per heavy atom. The zero-order chi connectivity index (χ0) is 12.3. The quantitative estimate of drug-likeness (QED) is 0.848. The second kappa shape index (κ2) is 4.86. The van der Waals surface area contributed by atoms with Crippen molar-refractivity contribution in [3.63, 3.8) is 0 Å². The number of carbonyl (C=O) groups is 1. The van der Waals surface area contributed by atoms with Crippen molar-refractivity contribution in [2.24, 2.45) is 5.92 Å². The van der Waals surface area contributed by atoms with Gasteiger partial charge in [0, 0.05) is 12.1 Å². The Balaban J connectivity index is 2.02. The van der Waals surface area contributed by atoms with Crippen LogP contribution in [0.15, 0.2) is 24.4 Å². The van der Waals surface area contributed by atoms with E-state index in [2.05, 4.69) is 17.2 Å². The summed E-state index contributed by atoms with van der Waals surface area (Å²) in [5.74, 6) is 0.260. The molecule has 1 heterocycles. The molecule has 1 unspecified atom stereocenters. The lowest BCUT2D eigenvalue weighted by Crippen LogP contribution is -2.38. The van der Waals surface area contributed by atoms with E-state index in [4.69, 9.17) is 0 Å². The monoisotopic (exact) mass is 232 g/mol. The van der Waals surface area contributed by atoms with Gasteiger partial charge in [-0.1, -0.05) is 26.3 Å². The second-order valence-electron chi connectivity index (χ2n) is 4.98. The summed E-state index contributed by atoms with van der Waals surface area (Å²) in [6.07, 6.45) is 5.80. The number of nitrogens with one attached hydrogen (secondary N) is 1. The molecule has 1 atom stereocenters. The number of amides is 1. The van der Waals surface area contributed by atoms with Crippen molar-refractivity contribution in [2.75, 3.05) is 0 Å². The molecule has 92 valence electrons. The average molecular weight is 232 g/mol. The van der Waals surface area contributed by atoms with Crippen LogP contribution in [0.1, 0.15) is 45.2 Å². The average Bonchev–Trinajstić information content (AvgIpc) is 3.11. The molecule has 0 saturated heterocycles. The van der Waals surface area contributed by atoms with Crippen LogP contribution in [0.4, 0.5) is 0 Å². The molecule has 1 aliphatic rings. The summed E-state index contributed by atoms with van der Waals surface area (Å²) < 4.78 is 0. The van der Waals surface area contributed by atoms with Gasteiger partial charge in [0.2, 0.25) is 5.91 Å². The molecule has 17 heavy (non-hydrogen) atoms. The van der Waals surface area contributed by atoms with Crippen molar-refractivity contribution in [1.82, 2.24) is 10.3 Å². The Morgan fingerprint density at radius 2 is 2.29 bits per heavy atom. The highest BCUT2D eigenvalue weighted by Crippen LogP contribution is 2.44. The Labute approximate surface area is 103 Å². The minimum Gasteiger partial charge on any atom is -0.345 e. The number of aromatic nitrogens is 1. The fourth-order valence-electron chi connectivity index (χ4n) is 2.14. The summed E-state index contributed by atoms with van der Waals surface area (Å²) >= 11 is 0. The second-order valence-corrected chi connectivity index (χ2v) is 4.98. The van der Waals surface area contributed by atoms with Crippen molar-refractivity contribution in [3.05, 3.63) is 30.1 Å². The van der Waals surface area contributed by atoms with Crippen molar-refractivity contribution in [1.29, 1.82) is 0 Å². The molecule has 1 N–H and O–H groups in total. The van der Waals surface area contributed by atoms with E-state index >= 15 is 0 Å². The van der Waals surface area contributed by atoms with Crippen LogP contribution in [0.3, 0.4) is 0 Å². The van der Waals surface area contributed by atoms with Gasteiger partial charge in [0.25, 0.3) is 0 Å². The summed E-state index contributed by atoms with van der Waals surface area (Å²) in [6.45, 7) is 4.10. The fraction of sp³-hybridized carbons (Fsp3) is 0.571. The van der Waals surface area contributed by atoms with E-state index in [1.54, 1.807) is 6.20 Å². The van der Waals surface area contributed by atoms with Crippen LogP contribution in [0.2, 0.25) is 0 Å². The molecular weight excluding hydrogens is 212 g/mol. The minimum atomic E-state index is -0.166. The Bertz CT molecular complexity index is 384. The predicted molar refractivity (Wildman–Crippen MR) is 67.4 cm³/mol. The molecule has 0 aromatic carbocycles. The third-order valence-corrected chi connectivity index (χ3v) is 3.44. The molecule has 0 radical (unpaired) electrons. The highest BCUT2D eigenvalue weighted by atomic mass is 16.2. The highest BCUT2D eigenvalue weighted by molar-refractivity contribution is 5.79. The van der Waals surface area contributed by atoms with Crippen molar-refractivity contribution in [2.45, 2.75) is 45.1 Å². The number of rotatable bonds is 5. The summed E-state index contributed by atoms with van der Waals surface area (Å²) in [6, 6.07) is 5.88. The van der Waals surface area contributed by atoms with E-state index in [-0.39, 0.29) is 17.4 Å². The Hall–Kier alpha value is -1.38. The van der Waals surface area contributed by atoms with Crippen LogP contribution in [0, 0.1) is 5.92 Å². The Morgan fingerprint density at radius 1 is 1.53 bits per heavy atom. The first-order valence-corrected chi connectivity index (χ1v) is 6.41. The molecule has 0 spiro atoms. The summed E-state index contributed by atoms with van der Waals surface area (Å²) in [5.41, 5.74) is 0.831. The normalized spacial score (nSPS) is 18.5. The highest BCUT2D eigenvalue weighted by Gasteiger charge is 2.47. The van der Waals surface area contributed by atoms with E-state index in [0.29, 0.717) is 0 Å². The van der Waals surface area contributed by atoms with Crippen molar-refractivity contribution < 1.29 is 4.79 Å². The number of carbonyl (C=O) groups excluding carboxylic acids is 1. The smallest absolute Gasteiger partial charge is 0.223 e. The van der Waals surface area contributed by atoms with Gasteiger partial charge in [0.1, 0.15) is 0 Å². The molecule has 1 aromatic heterocycles. The molecule has 3 nitrogen and oxygen atoms in total. The topological polar surface area (TPSA) is 42.0 Å². The van der Waals surface area contributed by atoms with E-state index in [0.717, 1.165) is 31.4 Å². The molecule has 1 fully saturated rings. The van der Waals surface area contributed by atoms with E-state index in [1.807, 2.05) is 25.1 Å². The molecule has 0 bridgehead atoms. The minimum absolute atomic E-state index is 0.0983. The molecule has 0 aliphatic heterocycles. The van der Waals surface area contributed by atoms with Gasteiger partial charge in [-0.05, 0) is 31.4 Å². The lowest BCUT2D eigenvalue weighted by molar-refractivity contribution is -0.125. The Kier molecular flexibility index (Phi) is 3.46. The molecule has 1 amide bonds. The number of hydrogen-bond donors (Lipinski definition) is 1. The van der Waals surface area contributed by atoms with Crippen LogP contribution in [0.5, 0.6) is 0 Å². The predicted octanol–water partition coefficient (Wildman–Crippen LogP) is 2.62. The van der Waals surface area contributed by atoms with E-state index < -0.39 is 0 Å². The molecule has 1 aliphatic carbocycles. The van der Waals surface area contributed by atoms with E-state index in [9.17, 15) is 4.79 Å². The van der Waals surface area contributed by atoms with Crippen LogP contribution in [0.25, 0.3) is 0 Å². The van der Waals surface area contributed by atoms with Crippen LogP contribution in [-0.2, 0) is 10.3 Å². The molecule has 2 rings (SSSR count). The number of hydrogen-bond acceptors (Lipinski definition) is 2. The molecule has 1 saturated carbocycles. The summed E-state index contributed by atoms with van der Waals surface area (Å²) in [7, 11) is 0. The van der Waals surface area contributed by atoms with Crippen molar-refractivity contribution >= 4 is 5.91 Å². The van der Waals surface area contributed by atoms with E-state index in [1.165, 1.54) is 0 Å². The largest absolute Gasteiger partial charge is 0.345 e. The molecule has 1 aromatic rings. The fourth-order valence-corrected chi connectivity index (χ4v) is 2.14. The van der Waals surface area contributed by atoms with Gasteiger partial charge >= 0.3 is 0 Å². The maximum absolute atomic E-state index is 12.0. The number of pyridine rings is 1. The van der Waals surface area contributed by atoms with Gasteiger partial charge in [-0.15, -0.1) is 0 Å². The maximum Gasteiger partial charge on any atom is 0.223 e. The lowest BCUT2D eigenvalue weighted by Gasteiger charge is -2.19. The first-order chi connectivity index (χ1) is 8.18. The van der Waals surface area contributed by atoms with Crippen molar-refractivity contribution in [3.8, 4) is 0 Å². The van der Waals surface area contributed by atoms with Gasteiger partial charge in [-0.2, -0.15) is 0 Å². The van der Waals surface area contributed by atoms with Crippen LogP contribution in [-0.4, -0.2) is 10.9 Å². The zero-order valence-corrected chi connectivity index (χ0v) is 10.6. The van der Waals surface area contributed by atoms with Crippen LogP contribution >= 0.6 is 0 Å². The van der Waals surface area contributed by atoms with Gasteiger partial charge < -0.3 is 5.32 Å². The molecular formula is C14H20N2O. The SMILES string of the molecule is CCCC(C)C(=O)NC1(c2ccccn2)CC1. The lowest BCUT2D eigenvalue weighted by atomic mass is 10.0. The summed E-state index contributed by atoms with van der Waals surface area (Å²) in [4.78, 5) is 16.4. The zero-order valence-electron chi connectivity index (χ0n) is 10.6. The van der Waals surface area contributed by atoms with Gasteiger partial charge in [-0.25, -0.2) is 0 Å². The third-order valence-electron chi connectivity index (χ3n) is 3.44. The van der Waals surface area contributed by atoms with Gasteiger partial charge in [-0.3, -0.25) is 9.78 Å².